The van der Waals surface area contributed by atoms with E-state index in [2.05, 4.69) is 44.0 Å². The highest BCUT2D eigenvalue weighted by Crippen LogP contribution is 2.61. The molecule has 2 aromatic rings. The molecule has 0 fully saturated rings. The lowest BCUT2D eigenvalue weighted by atomic mass is 10.2. The van der Waals surface area contributed by atoms with Gasteiger partial charge >= 0.3 is 0 Å². The quantitative estimate of drug-likeness (QED) is 0.923. The summed E-state index contributed by atoms with van der Waals surface area (Å²) in [5.74, 6) is 0. The molecule has 18 heavy (non-hydrogen) atoms. The molecular weight excluding hydrogens is 248 g/mol. The Bertz CT molecular complexity index is 615. The SMILES string of the molecule is CCC1=CS(OC)(c2nc3cnncc3[nH]2)C=C1. The van der Waals surface area contributed by atoms with Gasteiger partial charge in [-0.05, 0) is 33.1 Å². The molecule has 5 nitrogen and oxygen atoms in total. The van der Waals surface area contributed by atoms with Crippen molar-refractivity contribution < 1.29 is 4.18 Å². The monoisotopic (exact) mass is 262 g/mol. The predicted octanol–water partition coefficient (Wildman–Crippen LogP) is 2.90. The van der Waals surface area contributed by atoms with Gasteiger partial charge in [-0.25, -0.2) is 4.98 Å². The van der Waals surface area contributed by atoms with Crippen molar-refractivity contribution in [3.8, 4) is 0 Å². The van der Waals surface area contributed by atoms with Gasteiger partial charge in [0.05, 0.1) is 17.9 Å². The van der Waals surface area contributed by atoms with Crippen molar-refractivity contribution in [3.63, 3.8) is 0 Å². The molecule has 1 unspecified atom stereocenters. The molecule has 6 heteroatoms. The normalized spacial score (nSPS) is 26.2. The van der Waals surface area contributed by atoms with Crippen LogP contribution < -0.4 is 0 Å². The Kier molecular flexibility index (Phi) is 2.68. The lowest BCUT2D eigenvalue weighted by Gasteiger charge is -2.26. The molecule has 1 atom stereocenters. The number of H-pyrrole nitrogens is 1. The molecule has 0 spiro atoms. The van der Waals surface area contributed by atoms with Crippen LogP contribution in [0.25, 0.3) is 11.0 Å². The number of aromatic amines is 1. The molecule has 2 aromatic heterocycles. The third-order valence-electron chi connectivity index (χ3n) is 2.97. The first-order chi connectivity index (χ1) is 8.77. The van der Waals surface area contributed by atoms with Crippen LogP contribution in [0, 0.1) is 0 Å². The molecule has 0 saturated carbocycles. The van der Waals surface area contributed by atoms with E-state index in [1.54, 1.807) is 19.5 Å². The minimum Gasteiger partial charge on any atom is -0.331 e. The number of hydrogen-bond donors (Lipinski definition) is 1. The van der Waals surface area contributed by atoms with Gasteiger partial charge in [0.1, 0.15) is 5.52 Å². The number of rotatable bonds is 3. The number of nitrogens with one attached hydrogen (secondary N) is 1. The molecule has 0 aliphatic carbocycles. The molecule has 1 aliphatic rings. The number of aromatic nitrogens is 4. The fraction of sp³-hybridized carbons (Fsp3) is 0.250. The summed E-state index contributed by atoms with van der Waals surface area (Å²) >= 11 is 0. The topological polar surface area (TPSA) is 63.7 Å². The number of fused-ring (bicyclic) bond motifs is 1. The Labute approximate surface area is 107 Å². The molecule has 0 amide bonds. The van der Waals surface area contributed by atoms with Gasteiger partial charge in [-0.3, -0.25) is 0 Å². The van der Waals surface area contributed by atoms with Gasteiger partial charge in [0.25, 0.3) is 0 Å². The zero-order chi connectivity index (χ0) is 12.6. The third-order valence-corrected chi connectivity index (χ3v) is 5.51. The zero-order valence-corrected chi connectivity index (χ0v) is 11.1. The largest absolute Gasteiger partial charge is 0.331 e. The average molecular weight is 262 g/mol. The summed E-state index contributed by atoms with van der Waals surface area (Å²) in [7, 11) is 0.155. The van der Waals surface area contributed by atoms with Crippen LogP contribution in [0.1, 0.15) is 13.3 Å². The minimum absolute atomic E-state index is 0.815. The van der Waals surface area contributed by atoms with E-state index in [1.165, 1.54) is 5.57 Å². The van der Waals surface area contributed by atoms with Crippen LogP contribution in [0.5, 0.6) is 0 Å². The van der Waals surface area contributed by atoms with Gasteiger partial charge in [0.15, 0.2) is 5.16 Å². The van der Waals surface area contributed by atoms with Crippen LogP contribution in [0.3, 0.4) is 0 Å². The van der Waals surface area contributed by atoms with Crippen LogP contribution in [-0.4, -0.2) is 27.3 Å². The number of nitrogens with zero attached hydrogens (tertiary/aromatic N) is 3. The van der Waals surface area contributed by atoms with E-state index in [9.17, 15) is 0 Å². The fourth-order valence-corrected chi connectivity index (χ4v) is 4.17. The Balaban J connectivity index is 2.13. The van der Waals surface area contributed by atoms with Crippen molar-refractivity contribution in [2.75, 3.05) is 7.11 Å². The summed E-state index contributed by atoms with van der Waals surface area (Å²) in [6, 6.07) is 0. The van der Waals surface area contributed by atoms with Crippen molar-refractivity contribution in [1.82, 2.24) is 20.2 Å². The lowest BCUT2D eigenvalue weighted by molar-refractivity contribution is 0.471. The molecule has 1 N–H and O–H groups in total. The Morgan fingerprint density at radius 1 is 1.33 bits per heavy atom. The molecule has 0 bridgehead atoms. The van der Waals surface area contributed by atoms with E-state index in [0.29, 0.717) is 0 Å². The molecule has 0 radical (unpaired) electrons. The number of hydrogen-bond acceptors (Lipinski definition) is 4. The van der Waals surface area contributed by atoms with Gasteiger partial charge in [-0.15, -0.1) is 0 Å². The summed E-state index contributed by atoms with van der Waals surface area (Å²) in [4.78, 5) is 7.84. The van der Waals surface area contributed by atoms with Crippen molar-refractivity contribution in [2.45, 2.75) is 18.5 Å². The van der Waals surface area contributed by atoms with Crippen molar-refractivity contribution >= 4 is 21.3 Å². The van der Waals surface area contributed by atoms with Crippen molar-refractivity contribution in [2.24, 2.45) is 0 Å². The summed E-state index contributed by atoms with van der Waals surface area (Å²) in [6.07, 6.45) is 6.44. The van der Waals surface area contributed by atoms with E-state index in [4.69, 9.17) is 4.18 Å². The standard InChI is InChI=1S/C12H14N4OS/c1-3-9-4-5-18(8-9,17-2)12-15-10-6-13-14-7-11(10)16-12/h4-8H,3H2,1-2H3,(H,15,16). The summed E-state index contributed by atoms with van der Waals surface area (Å²) < 4.78 is 5.73. The van der Waals surface area contributed by atoms with Crippen LogP contribution in [0.4, 0.5) is 0 Å². The Morgan fingerprint density at radius 2 is 2.17 bits per heavy atom. The molecule has 0 saturated heterocycles. The molecule has 0 aromatic carbocycles. The van der Waals surface area contributed by atoms with E-state index in [0.717, 1.165) is 22.6 Å². The molecular formula is C12H14N4OS. The van der Waals surface area contributed by atoms with Gasteiger partial charge in [0, 0.05) is 7.11 Å². The predicted molar refractivity (Wildman–Crippen MR) is 72.1 cm³/mol. The Morgan fingerprint density at radius 3 is 2.83 bits per heavy atom. The highest BCUT2D eigenvalue weighted by Gasteiger charge is 2.28. The van der Waals surface area contributed by atoms with Crippen molar-refractivity contribution in [3.05, 3.63) is 34.9 Å². The Hall–Kier alpha value is -1.66. The second-order valence-corrected chi connectivity index (χ2v) is 6.52. The molecule has 94 valence electrons. The maximum absolute atomic E-state index is 5.73. The first-order valence-corrected chi connectivity index (χ1v) is 7.40. The zero-order valence-electron chi connectivity index (χ0n) is 10.3. The summed E-state index contributed by atoms with van der Waals surface area (Å²) in [5, 5.41) is 12.8. The lowest BCUT2D eigenvalue weighted by Crippen LogP contribution is -1.97. The molecule has 3 heterocycles. The second kappa shape index (κ2) is 4.22. The number of imidazole rings is 1. The van der Waals surface area contributed by atoms with Crippen LogP contribution in [0.15, 0.2) is 40.0 Å². The van der Waals surface area contributed by atoms with Gasteiger partial charge < -0.3 is 9.17 Å². The van der Waals surface area contributed by atoms with Crippen LogP contribution in [0.2, 0.25) is 0 Å². The highest BCUT2D eigenvalue weighted by atomic mass is 32.3. The third kappa shape index (κ3) is 1.65. The molecule has 1 aliphatic heterocycles. The van der Waals surface area contributed by atoms with Gasteiger partial charge in [0.2, 0.25) is 0 Å². The summed E-state index contributed by atoms with van der Waals surface area (Å²) in [5.41, 5.74) is 2.98. The van der Waals surface area contributed by atoms with E-state index >= 15 is 0 Å². The average Bonchev–Trinajstić information content (AvgIpc) is 3.03. The van der Waals surface area contributed by atoms with Gasteiger partial charge in [-0.1, -0.05) is 13.0 Å². The first kappa shape index (κ1) is 11.4. The van der Waals surface area contributed by atoms with Gasteiger partial charge in [-0.2, -0.15) is 10.2 Å². The maximum Gasteiger partial charge on any atom is 0.179 e. The smallest absolute Gasteiger partial charge is 0.179 e. The van der Waals surface area contributed by atoms with E-state index in [1.807, 2.05) is 0 Å². The van der Waals surface area contributed by atoms with Crippen molar-refractivity contribution in [1.29, 1.82) is 0 Å². The van der Waals surface area contributed by atoms with E-state index < -0.39 is 10.3 Å². The van der Waals surface area contributed by atoms with Crippen LogP contribution in [-0.2, 0) is 4.18 Å². The molecule has 3 rings (SSSR count). The summed E-state index contributed by atoms with van der Waals surface area (Å²) in [6.45, 7) is 2.13. The highest BCUT2D eigenvalue weighted by molar-refractivity contribution is 8.34. The maximum atomic E-state index is 5.73. The minimum atomic E-state index is -1.57. The first-order valence-electron chi connectivity index (χ1n) is 5.71. The number of allylic oxidation sites excluding steroid dienone is 2. The van der Waals surface area contributed by atoms with E-state index in [-0.39, 0.29) is 0 Å². The van der Waals surface area contributed by atoms with Crippen LogP contribution >= 0.6 is 10.3 Å². The second-order valence-electron chi connectivity index (χ2n) is 3.99. The fourth-order valence-electron chi connectivity index (χ4n) is 1.90.